The molecule has 6 heteroatoms. The van der Waals surface area contributed by atoms with Gasteiger partial charge in [0.2, 0.25) is 0 Å². The molecule has 138 valence electrons. The summed E-state index contributed by atoms with van der Waals surface area (Å²) in [6.07, 6.45) is 6.75. The van der Waals surface area contributed by atoms with Gasteiger partial charge in [0.15, 0.2) is 0 Å². The number of pyridine rings is 2. The highest BCUT2D eigenvalue weighted by molar-refractivity contribution is 7.18. The Labute approximate surface area is 163 Å². The number of aryl methyl sites for hydroxylation is 1. The van der Waals surface area contributed by atoms with Gasteiger partial charge in [0, 0.05) is 38.7 Å². The first-order valence-electron chi connectivity index (χ1n) is 8.96. The highest BCUT2D eigenvalue weighted by atomic mass is 32.1. The van der Waals surface area contributed by atoms with E-state index in [0.29, 0.717) is 6.61 Å². The smallest absolute Gasteiger partial charge is 0.125 e. The van der Waals surface area contributed by atoms with Gasteiger partial charge in [0.1, 0.15) is 5.01 Å². The molecule has 3 aromatic rings. The van der Waals surface area contributed by atoms with Gasteiger partial charge in [-0.15, -0.1) is 11.3 Å². The van der Waals surface area contributed by atoms with E-state index in [4.69, 9.17) is 14.7 Å². The molecule has 27 heavy (non-hydrogen) atoms. The number of aromatic nitrogens is 3. The van der Waals surface area contributed by atoms with Crippen molar-refractivity contribution in [3.63, 3.8) is 0 Å². The highest BCUT2D eigenvalue weighted by Gasteiger charge is 2.21. The van der Waals surface area contributed by atoms with Crippen LogP contribution in [0, 0.1) is 6.92 Å². The van der Waals surface area contributed by atoms with Gasteiger partial charge in [-0.3, -0.25) is 4.98 Å². The monoisotopic (exact) mass is 378 g/mol. The lowest BCUT2D eigenvalue weighted by molar-refractivity contribution is 0.234. The molecule has 0 spiro atoms. The Morgan fingerprint density at radius 2 is 2.15 bits per heavy atom. The van der Waals surface area contributed by atoms with Crippen molar-refractivity contribution >= 4 is 22.6 Å². The van der Waals surface area contributed by atoms with Crippen molar-refractivity contribution in [2.75, 3.05) is 32.2 Å². The summed E-state index contributed by atoms with van der Waals surface area (Å²) in [6.45, 7) is 3.64. The second-order valence-corrected chi connectivity index (χ2v) is 7.59. The Morgan fingerprint density at radius 1 is 1.26 bits per heavy atom. The molecule has 0 saturated heterocycles. The topological polar surface area (TPSA) is 51.1 Å². The molecule has 1 aliphatic heterocycles. The minimum Gasteiger partial charge on any atom is -0.381 e. The molecule has 0 aromatic carbocycles. The average molecular weight is 379 g/mol. The standard InChI is InChI=1S/C21H22N4OS/c1-14-20(27-21(23-14)16-5-4-10-22-13-16)17-6-7-18-19(24-17)15(9-12-26-3)8-11-25(18)2/h4-7,9-10,13H,8,11-12H2,1-3H3/b15-9-. The molecule has 0 aliphatic carbocycles. The van der Waals surface area contributed by atoms with Crippen molar-refractivity contribution in [1.29, 1.82) is 0 Å². The van der Waals surface area contributed by atoms with Crippen LogP contribution in [0.15, 0.2) is 42.7 Å². The van der Waals surface area contributed by atoms with Gasteiger partial charge < -0.3 is 9.64 Å². The predicted octanol–water partition coefficient (Wildman–Crippen LogP) is 4.45. The van der Waals surface area contributed by atoms with Crippen molar-refractivity contribution in [1.82, 2.24) is 15.0 Å². The molecular formula is C21H22N4OS. The maximum atomic E-state index is 5.24. The summed E-state index contributed by atoms with van der Waals surface area (Å²) in [7, 11) is 3.84. The van der Waals surface area contributed by atoms with E-state index in [1.807, 2.05) is 25.3 Å². The van der Waals surface area contributed by atoms with Gasteiger partial charge in [0.05, 0.1) is 34.3 Å². The number of anilines is 1. The van der Waals surface area contributed by atoms with Crippen molar-refractivity contribution in [3.05, 3.63) is 54.1 Å². The maximum absolute atomic E-state index is 5.24. The minimum absolute atomic E-state index is 0.606. The van der Waals surface area contributed by atoms with Crippen LogP contribution < -0.4 is 4.90 Å². The van der Waals surface area contributed by atoms with Crippen molar-refractivity contribution in [2.45, 2.75) is 13.3 Å². The third-order valence-corrected chi connectivity index (χ3v) is 5.97. The number of rotatable bonds is 4. The first-order chi connectivity index (χ1) is 13.2. The molecule has 0 amide bonds. The number of hydrogen-bond donors (Lipinski definition) is 0. The molecule has 3 aromatic heterocycles. The average Bonchev–Trinajstić information content (AvgIpc) is 3.10. The SMILES string of the molecule is COC/C=C1/CCN(C)c2ccc(-c3sc(-c4cccnc4)nc3C)nc21. The van der Waals surface area contributed by atoms with E-state index in [9.17, 15) is 0 Å². The summed E-state index contributed by atoms with van der Waals surface area (Å²) in [5, 5.41) is 0.974. The first-order valence-corrected chi connectivity index (χ1v) is 9.77. The molecule has 0 bridgehead atoms. The molecule has 0 N–H and O–H groups in total. The Morgan fingerprint density at radius 3 is 2.93 bits per heavy atom. The summed E-state index contributed by atoms with van der Waals surface area (Å²) >= 11 is 1.66. The molecule has 0 saturated carbocycles. The number of hydrogen-bond acceptors (Lipinski definition) is 6. The lowest BCUT2D eigenvalue weighted by Crippen LogP contribution is -2.25. The van der Waals surface area contributed by atoms with Crippen molar-refractivity contribution < 1.29 is 4.74 Å². The lowest BCUT2D eigenvalue weighted by Gasteiger charge is -2.28. The fourth-order valence-corrected chi connectivity index (χ4v) is 4.31. The van der Waals surface area contributed by atoms with Crippen LogP contribution in [0.2, 0.25) is 0 Å². The number of nitrogens with zero attached hydrogens (tertiary/aromatic N) is 4. The van der Waals surface area contributed by atoms with E-state index in [0.717, 1.165) is 45.5 Å². The van der Waals surface area contributed by atoms with E-state index >= 15 is 0 Å². The number of thiazole rings is 1. The fraction of sp³-hybridized carbons (Fsp3) is 0.286. The van der Waals surface area contributed by atoms with Crippen LogP contribution in [0.3, 0.4) is 0 Å². The largest absolute Gasteiger partial charge is 0.381 e. The molecule has 4 heterocycles. The third-order valence-electron chi connectivity index (χ3n) is 4.74. The summed E-state index contributed by atoms with van der Waals surface area (Å²) in [5.41, 5.74) is 6.48. The van der Waals surface area contributed by atoms with Gasteiger partial charge >= 0.3 is 0 Å². The number of methoxy groups -OCH3 is 1. The van der Waals surface area contributed by atoms with E-state index in [2.05, 4.69) is 35.1 Å². The second-order valence-electron chi connectivity index (χ2n) is 6.60. The summed E-state index contributed by atoms with van der Waals surface area (Å²) in [6, 6.07) is 8.24. The van der Waals surface area contributed by atoms with Crippen LogP contribution in [-0.4, -0.2) is 42.3 Å². The summed E-state index contributed by atoms with van der Waals surface area (Å²) < 4.78 is 5.24. The second kappa shape index (κ2) is 7.58. The van der Waals surface area contributed by atoms with E-state index < -0.39 is 0 Å². The van der Waals surface area contributed by atoms with Gasteiger partial charge in [0.25, 0.3) is 0 Å². The lowest BCUT2D eigenvalue weighted by atomic mass is 10.0. The molecule has 0 atom stereocenters. The fourth-order valence-electron chi connectivity index (χ4n) is 3.28. The molecule has 1 aliphatic rings. The molecule has 0 radical (unpaired) electrons. The zero-order valence-electron chi connectivity index (χ0n) is 15.8. The van der Waals surface area contributed by atoms with E-state index in [1.54, 1.807) is 24.6 Å². The first kappa shape index (κ1) is 17.8. The van der Waals surface area contributed by atoms with Gasteiger partial charge in [-0.05, 0) is 43.2 Å². The Kier molecular flexibility index (Phi) is 5.01. The van der Waals surface area contributed by atoms with E-state index in [-0.39, 0.29) is 0 Å². The number of fused-ring (bicyclic) bond motifs is 1. The van der Waals surface area contributed by atoms with Gasteiger partial charge in [-0.25, -0.2) is 9.97 Å². The third kappa shape index (κ3) is 3.50. The molecule has 0 fully saturated rings. The minimum atomic E-state index is 0.606. The van der Waals surface area contributed by atoms with Crippen LogP contribution in [0.25, 0.3) is 26.7 Å². The van der Waals surface area contributed by atoms with Crippen LogP contribution in [0.1, 0.15) is 17.8 Å². The predicted molar refractivity (Wildman–Crippen MR) is 111 cm³/mol. The van der Waals surface area contributed by atoms with Crippen LogP contribution >= 0.6 is 11.3 Å². The summed E-state index contributed by atoms with van der Waals surface area (Å²) in [4.78, 5) is 17.3. The molecule has 0 unspecified atom stereocenters. The molecular weight excluding hydrogens is 356 g/mol. The van der Waals surface area contributed by atoms with Gasteiger partial charge in [-0.2, -0.15) is 0 Å². The zero-order valence-corrected chi connectivity index (χ0v) is 16.6. The Bertz CT molecular complexity index is 981. The van der Waals surface area contributed by atoms with Gasteiger partial charge in [-0.1, -0.05) is 6.08 Å². The quantitative estimate of drug-likeness (QED) is 0.671. The van der Waals surface area contributed by atoms with Crippen LogP contribution in [0.5, 0.6) is 0 Å². The van der Waals surface area contributed by atoms with E-state index in [1.165, 1.54) is 11.3 Å². The van der Waals surface area contributed by atoms with Crippen molar-refractivity contribution in [3.8, 4) is 21.1 Å². The van der Waals surface area contributed by atoms with Crippen molar-refractivity contribution in [2.24, 2.45) is 0 Å². The zero-order chi connectivity index (χ0) is 18.8. The Balaban J connectivity index is 1.77. The van der Waals surface area contributed by atoms with Crippen LogP contribution in [-0.2, 0) is 4.74 Å². The van der Waals surface area contributed by atoms with Crippen LogP contribution in [0.4, 0.5) is 5.69 Å². The summed E-state index contributed by atoms with van der Waals surface area (Å²) in [5.74, 6) is 0. The molecule has 4 rings (SSSR count). The highest BCUT2D eigenvalue weighted by Crippen LogP contribution is 2.38. The maximum Gasteiger partial charge on any atom is 0.125 e. The number of ether oxygens (including phenoxy) is 1. The normalized spacial score (nSPS) is 15.2. The molecule has 5 nitrogen and oxygen atoms in total. The Hall–Kier alpha value is -2.57.